The van der Waals surface area contributed by atoms with Crippen LogP contribution in [-0.4, -0.2) is 41.0 Å². The normalized spacial score (nSPS) is 24.5. The van der Waals surface area contributed by atoms with E-state index in [-0.39, 0.29) is 23.4 Å². The molecule has 1 fully saturated rings. The zero-order valence-electron chi connectivity index (χ0n) is 14.2. The van der Waals surface area contributed by atoms with Gasteiger partial charge in [0.25, 0.3) is 5.91 Å². The SMILES string of the molecule is Cc1ccsc1C1C(C(=O)C(C)C)=C(O)C(=O)N1CC1CCCO1. The average molecular weight is 349 g/mol. The summed E-state index contributed by atoms with van der Waals surface area (Å²) in [6.45, 7) is 6.64. The van der Waals surface area contributed by atoms with E-state index in [1.54, 1.807) is 18.7 Å². The van der Waals surface area contributed by atoms with Crippen molar-refractivity contribution in [2.45, 2.75) is 45.8 Å². The van der Waals surface area contributed by atoms with Gasteiger partial charge in [-0.05, 0) is 36.8 Å². The molecule has 0 bridgehead atoms. The molecule has 24 heavy (non-hydrogen) atoms. The van der Waals surface area contributed by atoms with Gasteiger partial charge in [0.2, 0.25) is 0 Å². The molecule has 1 N–H and O–H groups in total. The third-order valence-corrected chi connectivity index (χ3v) is 5.74. The number of hydrogen-bond donors (Lipinski definition) is 1. The average Bonchev–Trinajstić information content (AvgIpc) is 3.24. The Balaban J connectivity index is 2.01. The number of aliphatic hydroxyl groups excluding tert-OH is 1. The molecule has 130 valence electrons. The van der Waals surface area contributed by atoms with Gasteiger partial charge in [0.1, 0.15) is 0 Å². The van der Waals surface area contributed by atoms with Crippen LogP contribution in [0.2, 0.25) is 0 Å². The first-order chi connectivity index (χ1) is 11.4. The maximum Gasteiger partial charge on any atom is 0.290 e. The lowest BCUT2D eigenvalue weighted by molar-refractivity contribution is -0.131. The van der Waals surface area contributed by atoms with Crippen LogP contribution >= 0.6 is 11.3 Å². The number of nitrogens with zero attached hydrogens (tertiary/aromatic N) is 1. The number of aliphatic hydroxyl groups is 1. The molecule has 0 radical (unpaired) electrons. The molecule has 6 heteroatoms. The highest BCUT2D eigenvalue weighted by molar-refractivity contribution is 7.10. The number of carbonyl (C=O) groups excluding carboxylic acids is 2. The van der Waals surface area contributed by atoms with Gasteiger partial charge in [0.15, 0.2) is 11.5 Å². The van der Waals surface area contributed by atoms with Gasteiger partial charge in [-0.2, -0.15) is 0 Å². The summed E-state index contributed by atoms with van der Waals surface area (Å²) in [5.41, 5.74) is 1.26. The Morgan fingerprint density at radius 2 is 2.25 bits per heavy atom. The number of ether oxygens (including phenoxy) is 1. The predicted octanol–water partition coefficient (Wildman–Crippen LogP) is 3.16. The van der Waals surface area contributed by atoms with Gasteiger partial charge >= 0.3 is 0 Å². The van der Waals surface area contributed by atoms with Gasteiger partial charge in [-0.3, -0.25) is 9.59 Å². The fourth-order valence-electron chi connectivity index (χ4n) is 3.35. The molecule has 5 nitrogen and oxygen atoms in total. The van der Waals surface area contributed by atoms with E-state index >= 15 is 0 Å². The van der Waals surface area contributed by atoms with Gasteiger partial charge in [-0.15, -0.1) is 11.3 Å². The molecule has 1 amide bonds. The molecule has 1 aromatic heterocycles. The summed E-state index contributed by atoms with van der Waals surface area (Å²) in [6, 6.07) is 1.47. The van der Waals surface area contributed by atoms with E-state index in [2.05, 4.69) is 0 Å². The van der Waals surface area contributed by atoms with Crippen LogP contribution in [0.25, 0.3) is 0 Å². The molecular weight excluding hydrogens is 326 g/mol. The monoisotopic (exact) mass is 349 g/mol. The fourth-order valence-corrected chi connectivity index (χ4v) is 4.40. The summed E-state index contributed by atoms with van der Waals surface area (Å²) in [4.78, 5) is 27.9. The molecule has 0 saturated carbocycles. The van der Waals surface area contributed by atoms with Crippen LogP contribution in [0, 0.1) is 12.8 Å². The second-order valence-corrected chi connectivity index (χ2v) is 7.69. The van der Waals surface area contributed by atoms with Crippen LogP contribution in [-0.2, 0) is 14.3 Å². The second kappa shape index (κ2) is 6.69. The van der Waals surface area contributed by atoms with E-state index in [0.717, 1.165) is 23.3 Å². The quantitative estimate of drug-likeness (QED) is 0.887. The molecule has 2 aliphatic heterocycles. The lowest BCUT2D eigenvalue weighted by atomic mass is 9.93. The Morgan fingerprint density at radius 1 is 1.50 bits per heavy atom. The first-order valence-corrected chi connectivity index (χ1v) is 9.23. The zero-order valence-corrected chi connectivity index (χ0v) is 15.1. The first-order valence-electron chi connectivity index (χ1n) is 8.35. The fraction of sp³-hybridized carbons (Fsp3) is 0.556. The van der Waals surface area contributed by atoms with Gasteiger partial charge in [0.05, 0.1) is 17.7 Å². The van der Waals surface area contributed by atoms with E-state index in [1.165, 1.54) is 11.3 Å². The molecule has 0 aliphatic carbocycles. The van der Waals surface area contributed by atoms with Crippen molar-refractivity contribution in [2.24, 2.45) is 5.92 Å². The van der Waals surface area contributed by atoms with Crippen molar-refractivity contribution in [1.82, 2.24) is 4.90 Å². The Kier molecular flexibility index (Phi) is 4.78. The van der Waals surface area contributed by atoms with Crippen molar-refractivity contribution >= 4 is 23.0 Å². The van der Waals surface area contributed by atoms with Crippen LogP contribution in [0.3, 0.4) is 0 Å². The third-order valence-electron chi connectivity index (χ3n) is 4.67. The molecule has 3 heterocycles. The Hall–Kier alpha value is -1.66. The summed E-state index contributed by atoms with van der Waals surface area (Å²) in [5, 5.41) is 12.4. The number of hydrogen-bond acceptors (Lipinski definition) is 5. The van der Waals surface area contributed by atoms with E-state index in [4.69, 9.17) is 4.74 Å². The number of aryl methyl sites for hydroxylation is 1. The first kappa shape index (κ1) is 17.2. The van der Waals surface area contributed by atoms with Crippen LogP contribution in [0.5, 0.6) is 0 Å². The molecule has 2 unspecified atom stereocenters. The standard InChI is InChI=1S/C18H23NO4S/c1-10(2)15(20)13-14(17-11(3)6-8-24-17)19(18(22)16(13)21)9-12-5-4-7-23-12/h6,8,10,12,14,21H,4-5,7,9H2,1-3H3. The minimum absolute atomic E-state index is 0.0296. The Bertz CT molecular complexity index is 685. The van der Waals surface area contributed by atoms with Crippen LogP contribution < -0.4 is 0 Å². The number of ketones is 1. The highest BCUT2D eigenvalue weighted by atomic mass is 32.1. The van der Waals surface area contributed by atoms with Crippen molar-refractivity contribution < 1.29 is 19.4 Å². The van der Waals surface area contributed by atoms with Crippen molar-refractivity contribution in [1.29, 1.82) is 0 Å². The minimum Gasteiger partial charge on any atom is -0.503 e. The van der Waals surface area contributed by atoms with Crippen molar-refractivity contribution in [3.63, 3.8) is 0 Å². The van der Waals surface area contributed by atoms with E-state index < -0.39 is 17.7 Å². The van der Waals surface area contributed by atoms with Crippen LogP contribution in [0.4, 0.5) is 0 Å². The zero-order chi connectivity index (χ0) is 17.4. The molecule has 2 aliphatic rings. The van der Waals surface area contributed by atoms with Gasteiger partial charge in [0, 0.05) is 23.9 Å². The maximum absolute atomic E-state index is 12.7. The van der Waals surface area contributed by atoms with Gasteiger partial charge in [-0.25, -0.2) is 0 Å². The Labute approximate surface area is 145 Å². The lowest BCUT2D eigenvalue weighted by Gasteiger charge is -2.28. The molecule has 2 atom stereocenters. The summed E-state index contributed by atoms with van der Waals surface area (Å²) in [6.07, 6.45) is 1.85. The number of amides is 1. The van der Waals surface area contributed by atoms with Crippen molar-refractivity contribution in [3.05, 3.63) is 33.2 Å². The molecular formula is C18H23NO4S. The molecule has 1 saturated heterocycles. The number of carbonyl (C=O) groups is 2. The summed E-state index contributed by atoms with van der Waals surface area (Å²) in [5.74, 6) is -1.31. The lowest BCUT2D eigenvalue weighted by Crippen LogP contribution is -2.37. The number of rotatable bonds is 5. The Morgan fingerprint density at radius 3 is 2.79 bits per heavy atom. The van der Waals surface area contributed by atoms with E-state index in [9.17, 15) is 14.7 Å². The molecule has 0 aromatic carbocycles. The van der Waals surface area contributed by atoms with Crippen LogP contribution in [0.15, 0.2) is 22.8 Å². The molecule has 3 rings (SSSR count). The van der Waals surface area contributed by atoms with Gasteiger partial charge in [-0.1, -0.05) is 13.8 Å². The topological polar surface area (TPSA) is 66.8 Å². The third kappa shape index (κ3) is 2.89. The minimum atomic E-state index is -0.503. The highest BCUT2D eigenvalue weighted by Crippen LogP contribution is 2.42. The van der Waals surface area contributed by atoms with Crippen LogP contribution in [0.1, 0.15) is 43.2 Å². The number of Topliss-reactive ketones (excluding diaryl/α,β-unsaturated/α-hetero) is 1. The largest absolute Gasteiger partial charge is 0.503 e. The van der Waals surface area contributed by atoms with Gasteiger partial charge < -0.3 is 14.7 Å². The summed E-state index contributed by atoms with van der Waals surface area (Å²) < 4.78 is 5.66. The second-order valence-electron chi connectivity index (χ2n) is 6.74. The smallest absolute Gasteiger partial charge is 0.290 e. The maximum atomic E-state index is 12.7. The summed E-state index contributed by atoms with van der Waals surface area (Å²) in [7, 11) is 0. The highest BCUT2D eigenvalue weighted by Gasteiger charge is 2.45. The van der Waals surface area contributed by atoms with Crippen molar-refractivity contribution in [3.8, 4) is 0 Å². The van der Waals surface area contributed by atoms with E-state index in [0.29, 0.717) is 13.2 Å². The predicted molar refractivity (Wildman–Crippen MR) is 92.0 cm³/mol. The molecule has 0 spiro atoms. The molecule has 1 aromatic rings. The number of thiophene rings is 1. The van der Waals surface area contributed by atoms with E-state index in [1.807, 2.05) is 18.4 Å². The van der Waals surface area contributed by atoms with Crippen molar-refractivity contribution in [2.75, 3.05) is 13.2 Å². The summed E-state index contributed by atoms with van der Waals surface area (Å²) >= 11 is 1.51.